The summed E-state index contributed by atoms with van der Waals surface area (Å²) in [6, 6.07) is 0. The summed E-state index contributed by atoms with van der Waals surface area (Å²) < 4.78 is -0.490. The first-order valence-electron chi connectivity index (χ1n) is 2.86. The third kappa shape index (κ3) is 1.80. The standard InChI is InChI=1S/C4H10N2O2S/c7-3-2-6(8)5-1-4-9-6/h5,7H,1-4H2. The molecule has 1 saturated heterocycles. The molecular formula is C4H10N2O2S. The summed E-state index contributed by atoms with van der Waals surface area (Å²) in [5.41, 5.74) is 2.72. The van der Waals surface area contributed by atoms with Gasteiger partial charge in [0.05, 0.1) is 30.9 Å². The largest absolute Gasteiger partial charge is 0.600 e. The van der Waals surface area contributed by atoms with Gasteiger partial charge in [0.1, 0.15) is 6.54 Å². The van der Waals surface area contributed by atoms with Crippen molar-refractivity contribution in [1.82, 2.24) is 5.43 Å². The first-order valence-corrected chi connectivity index (χ1v) is 3.81. The quantitative estimate of drug-likeness (QED) is 0.315. The Kier molecular flexibility index (Phi) is 2.31. The van der Waals surface area contributed by atoms with Crippen LogP contribution in [0.5, 0.6) is 0 Å². The van der Waals surface area contributed by atoms with Crippen molar-refractivity contribution in [2.75, 3.05) is 25.4 Å². The minimum atomic E-state index is -0.490. The van der Waals surface area contributed by atoms with Crippen molar-refractivity contribution in [3.05, 3.63) is 5.21 Å². The minimum absolute atomic E-state index is 0.0521. The Bertz CT molecular complexity index is 94.6. The Balaban J connectivity index is 2.32. The monoisotopic (exact) mass is 150 g/mol. The molecule has 1 rings (SSSR count). The van der Waals surface area contributed by atoms with E-state index in [1.165, 1.54) is 11.9 Å². The Labute approximate surface area is 58.1 Å². The second kappa shape index (κ2) is 2.85. The van der Waals surface area contributed by atoms with Gasteiger partial charge in [-0.15, -0.1) is 0 Å². The van der Waals surface area contributed by atoms with Gasteiger partial charge in [0.25, 0.3) is 0 Å². The minimum Gasteiger partial charge on any atom is -0.600 e. The van der Waals surface area contributed by atoms with Gasteiger partial charge < -0.3 is 10.3 Å². The smallest absolute Gasteiger partial charge is 0.130 e. The fraction of sp³-hybridized carbons (Fsp3) is 1.00. The zero-order valence-electron chi connectivity index (χ0n) is 5.04. The van der Waals surface area contributed by atoms with Crippen LogP contribution in [0.3, 0.4) is 0 Å². The number of hydrogen-bond acceptors (Lipinski definition) is 4. The van der Waals surface area contributed by atoms with E-state index in [4.69, 9.17) is 5.11 Å². The summed E-state index contributed by atoms with van der Waals surface area (Å²) in [5.74, 6) is 0.837. The maximum Gasteiger partial charge on any atom is 0.130 e. The van der Waals surface area contributed by atoms with E-state index in [-0.39, 0.29) is 13.2 Å². The van der Waals surface area contributed by atoms with E-state index >= 15 is 0 Å². The molecule has 0 radical (unpaired) electrons. The molecule has 0 aromatic rings. The highest BCUT2D eigenvalue weighted by Gasteiger charge is 2.23. The molecule has 1 aliphatic rings. The highest BCUT2D eigenvalue weighted by atomic mass is 32.2. The van der Waals surface area contributed by atoms with Crippen LogP contribution < -0.4 is 5.43 Å². The number of hydroxylamine groups is 1. The summed E-state index contributed by atoms with van der Waals surface area (Å²) in [6.45, 7) is 0.933. The highest BCUT2D eigenvalue weighted by Crippen LogP contribution is 2.21. The van der Waals surface area contributed by atoms with Crippen molar-refractivity contribution in [2.45, 2.75) is 0 Å². The van der Waals surface area contributed by atoms with E-state index in [2.05, 4.69) is 5.43 Å². The van der Waals surface area contributed by atoms with E-state index in [0.29, 0.717) is 0 Å². The van der Waals surface area contributed by atoms with Gasteiger partial charge in [0.15, 0.2) is 0 Å². The zero-order valence-corrected chi connectivity index (χ0v) is 5.86. The number of hydrogen-bond donors (Lipinski definition) is 2. The van der Waals surface area contributed by atoms with Crippen LogP contribution in [0.1, 0.15) is 0 Å². The summed E-state index contributed by atoms with van der Waals surface area (Å²) in [4.78, 5) is 0. The molecule has 1 unspecified atom stereocenters. The van der Waals surface area contributed by atoms with E-state index in [1.54, 1.807) is 0 Å². The van der Waals surface area contributed by atoms with Gasteiger partial charge in [-0.3, -0.25) is 0 Å². The maximum absolute atomic E-state index is 11.1. The molecule has 54 valence electrons. The van der Waals surface area contributed by atoms with E-state index in [9.17, 15) is 5.21 Å². The van der Waals surface area contributed by atoms with E-state index < -0.39 is 4.16 Å². The summed E-state index contributed by atoms with van der Waals surface area (Å²) in [5, 5.41) is 19.6. The molecule has 9 heavy (non-hydrogen) atoms. The maximum atomic E-state index is 11.1. The van der Waals surface area contributed by atoms with Crippen LogP contribution in [0.2, 0.25) is 0 Å². The third-order valence-electron chi connectivity index (χ3n) is 1.15. The molecule has 0 amide bonds. The predicted molar refractivity (Wildman–Crippen MR) is 36.0 cm³/mol. The molecule has 0 aliphatic carbocycles. The van der Waals surface area contributed by atoms with Gasteiger partial charge in [0.2, 0.25) is 0 Å². The van der Waals surface area contributed by atoms with Gasteiger partial charge in [-0.2, -0.15) is 5.43 Å². The molecule has 0 bridgehead atoms. The first-order chi connectivity index (χ1) is 4.27. The van der Waals surface area contributed by atoms with Crippen molar-refractivity contribution in [1.29, 1.82) is 0 Å². The third-order valence-corrected chi connectivity index (χ3v) is 2.26. The zero-order chi connectivity index (χ0) is 6.74. The first kappa shape index (κ1) is 7.30. The number of nitrogens with zero attached hydrogens (tertiary/aromatic N) is 1. The lowest BCUT2D eigenvalue weighted by Crippen LogP contribution is -2.44. The molecule has 0 saturated carbocycles. The summed E-state index contributed by atoms with van der Waals surface area (Å²) in [6.07, 6.45) is 0. The Hall–Kier alpha value is 0.190. The molecule has 5 heteroatoms. The van der Waals surface area contributed by atoms with Crippen LogP contribution in [0, 0.1) is 5.21 Å². The SMILES string of the molecule is [O-][N+]1(CCO)NCCS1. The average Bonchev–Trinajstić information content (AvgIpc) is 2.16. The van der Waals surface area contributed by atoms with Gasteiger partial charge >= 0.3 is 0 Å². The topological polar surface area (TPSA) is 55.3 Å². The number of quaternary nitrogens is 1. The molecular weight excluding hydrogens is 140 g/mol. The molecule has 1 aliphatic heterocycles. The van der Waals surface area contributed by atoms with Crippen LogP contribution in [0.4, 0.5) is 0 Å². The molecule has 0 aromatic carbocycles. The van der Waals surface area contributed by atoms with Crippen LogP contribution in [0.25, 0.3) is 0 Å². The van der Waals surface area contributed by atoms with Gasteiger partial charge in [-0.1, -0.05) is 0 Å². The van der Waals surface area contributed by atoms with E-state index in [1.807, 2.05) is 0 Å². The average molecular weight is 150 g/mol. The molecule has 0 spiro atoms. The van der Waals surface area contributed by atoms with Crippen molar-refractivity contribution >= 4 is 11.9 Å². The lowest BCUT2D eigenvalue weighted by atomic mass is 10.7. The van der Waals surface area contributed by atoms with Gasteiger partial charge in [0, 0.05) is 0 Å². The molecule has 1 fully saturated rings. The van der Waals surface area contributed by atoms with Crippen molar-refractivity contribution in [3.63, 3.8) is 0 Å². The lowest BCUT2D eigenvalue weighted by molar-refractivity contribution is -0.786. The summed E-state index contributed by atoms with van der Waals surface area (Å²) in [7, 11) is 0. The van der Waals surface area contributed by atoms with Gasteiger partial charge in [-0.05, 0) is 0 Å². The molecule has 1 atom stereocenters. The fourth-order valence-corrected chi connectivity index (χ4v) is 1.60. The Morgan fingerprint density at radius 1 is 1.78 bits per heavy atom. The summed E-state index contributed by atoms with van der Waals surface area (Å²) >= 11 is 1.28. The number of rotatable bonds is 2. The Morgan fingerprint density at radius 3 is 3.00 bits per heavy atom. The predicted octanol–water partition coefficient (Wildman–Crippen LogP) is -0.540. The van der Waals surface area contributed by atoms with Gasteiger partial charge in [-0.25, -0.2) is 4.16 Å². The van der Waals surface area contributed by atoms with Crippen LogP contribution in [-0.2, 0) is 0 Å². The van der Waals surface area contributed by atoms with Crippen molar-refractivity contribution < 1.29 is 9.27 Å². The molecule has 0 aromatic heterocycles. The highest BCUT2D eigenvalue weighted by molar-refractivity contribution is 7.94. The molecule has 2 N–H and O–H groups in total. The second-order valence-corrected chi connectivity index (χ2v) is 3.12. The van der Waals surface area contributed by atoms with Crippen molar-refractivity contribution in [2.24, 2.45) is 0 Å². The molecule has 4 nitrogen and oxygen atoms in total. The van der Waals surface area contributed by atoms with Crippen LogP contribution in [0.15, 0.2) is 0 Å². The van der Waals surface area contributed by atoms with E-state index in [0.717, 1.165) is 12.3 Å². The second-order valence-electron chi connectivity index (χ2n) is 1.86. The van der Waals surface area contributed by atoms with Crippen LogP contribution in [-0.4, -0.2) is 34.7 Å². The molecule has 1 heterocycles. The normalized spacial score (nSPS) is 35.3. The lowest BCUT2D eigenvalue weighted by Gasteiger charge is -2.32. The number of aliphatic hydroxyl groups excluding tert-OH is 1. The van der Waals surface area contributed by atoms with Crippen LogP contribution >= 0.6 is 11.9 Å². The number of nitrogens with one attached hydrogen (secondary N) is 1. The fourth-order valence-electron chi connectivity index (χ4n) is 0.730. The number of aliphatic hydroxyl groups is 1. The Morgan fingerprint density at radius 2 is 2.56 bits per heavy atom. The van der Waals surface area contributed by atoms with Crippen molar-refractivity contribution in [3.8, 4) is 0 Å².